The summed E-state index contributed by atoms with van der Waals surface area (Å²) in [5.41, 5.74) is 2.52. The quantitative estimate of drug-likeness (QED) is 0.660. The third-order valence-corrected chi connectivity index (χ3v) is 7.16. The molecule has 166 valence electrons. The van der Waals surface area contributed by atoms with Crippen LogP contribution in [0.15, 0.2) is 34.4 Å². The Morgan fingerprint density at radius 2 is 1.97 bits per heavy atom. The van der Waals surface area contributed by atoms with E-state index in [9.17, 15) is 14.4 Å². The Labute approximate surface area is 192 Å². The fourth-order valence-electron chi connectivity index (χ4n) is 3.51. The SMILES string of the molecule is COC(=O)c1sc(NC(=O)CSC2=Nc3ccccc3C3CC=NN23)c(C(=O)OC)c1C. The van der Waals surface area contributed by atoms with Gasteiger partial charge in [-0.05, 0) is 18.6 Å². The molecule has 2 aliphatic heterocycles. The number of amides is 1. The summed E-state index contributed by atoms with van der Waals surface area (Å²) in [5, 5.41) is 9.83. The lowest BCUT2D eigenvalue weighted by molar-refractivity contribution is -0.113. The van der Waals surface area contributed by atoms with Crippen LogP contribution in [0.2, 0.25) is 0 Å². The zero-order valence-corrected chi connectivity index (χ0v) is 19.2. The minimum absolute atomic E-state index is 0.0465. The van der Waals surface area contributed by atoms with Crippen LogP contribution in [-0.2, 0) is 14.3 Å². The van der Waals surface area contributed by atoms with Gasteiger partial charge in [-0.3, -0.25) is 4.79 Å². The molecule has 1 atom stereocenters. The van der Waals surface area contributed by atoms with Crippen LogP contribution in [0, 0.1) is 6.92 Å². The zero-order chi connectivity index (χ0) is 22.8. The molecule has 3 heterocycles. The van der Waals surface area contributed by atoms with Gasteiger partial charge in [-0.2, -0.15) is 5.10 Å². The molecule has 0 aliphatic carbocycles. The standard InChI is InChI=1S/C21H20N4O5S2/c1-11-16(19(27)29-2)18(32-17(11)20(28)30-3)24-15(26)10-31-21-23-13-7-5-4-6-12(13)14-8-9-22-25(14)21/h4-7,9,14H,8,10H2,1-3H3,(H,24,26). The first-order chi connectivity index (χ1) is 15.4. The number of aliphatic imine (C=N–C) groups is 1. The lowest BCUT2D eigenvalue weighted by Crippen LogP contribution is -2.29. The number of methoxy groups -OCH3 is 2. The number of benzene rings is 1. The number of amidine groups is 1. The highest BCUT2D eigenvalue weighted by Crippen LogP contribution is 2.41. The van der Waals surface area contributed by atoms with Crippen molar-refractivity contribution in [1.29, 1.82) is 0 Å². The van der Waals surface area contributed by atoms with Crippen LogP contribution in [0.5, 0.6) is 0 Å². The summed E-state index contributed by atoms with van der Waals surface area (Å²) in [6, 6.07) is 7.95. The third kappa shape index (κ3) is 4.00. The number of esters is 2. The maximum Gasteiger partial charge on any atom is 0.348 e. The molecular formula is C21H20N4O5S2. The number of ether oxygens (including phenoxy) is 2. The van der Waals surface area contributed by atoms with Gasteiger partial charge in [-0.15, -0.1) is 11.3 Å². The summed E-state index contributed by atoms with van der Waals surface area (Å²) in [5.74, 6) is -1.52. The highest BCUT2D eigenvalue weighted by molar-refractivity contribution is 8.14. The average molecular weight is 473 g/mol. The summed E-state index contributed by atoms with van der Waals surface area (Å²) >= 11 is 2.23. The van der Waals surface area contributed by atoms with Gasteiger partial charge < -0.3 is 14.8 Å². The van der Waals surface area contributed by atoms with E-state index in [-0.39, 0.29) is 33.1 Å². The summed E-state index contributed by atoms with van der Waals surface area (Å²) in [6.45, 7) is 1.61. The van der Waals surface area contributed by atoms with Crippen molar-refractivity contribution >= 4 is 63.0 Å². The molecule has 11 heteroatoms. The first kappa shape index (κ1) is 22.0. The number of nitrogens with zero attached hydrogens (tertiary/aromatic N) is 3. The van der Waals surface area contributed by atoms with Gasteiger partial charge in [-0.25, -0.2) is 19.6 Å². The van der Waals surface area contributed by atoms with Crippen molar-refractivity contribution in [2.24, 2.45) is 10.1 Å². The first-order valence-corrected chi connectivity index (χ1v) is 11.5. The molecule has 0 bridgehead atoms. The van der Waals surface area contributed by atoms with Crippen molar-refractivity contribution in [1.82, 2.24) is 5.01 Å². The highest BCUT2D eigenvalue weighted by Gasteiger charge is 2.33. The topological polar surface area (TPSA) is 110 Å². The number of hydrogen-bond acceptors (Lipinski definition) is 10. The van der Waals surface area contributed by atoms with E-state index >= 15 is 0 Å². The second kappa shape index (κ2) is 9.13. The van der Waals surface area contributed by atoms with E-state index in [1.54, 1.807) is 6.92 Å². The van der Waals surface area contributed by atoms with E-state index in [0.29, 0.717) is 10.7 Å². The molecule has 1 aromatic heterocycles. The van der Waals surface area contributed by atoms with Crippen LogP contribution in [0.1, 0.15) is 43.6 Å². The number of carbonyl (C=O) groups excluding carboxylic acids is 3. The second-order valence-electron chi connectivity index (χ2n) is 6.93. The summed E-state index contributed by atoms with van der Waals surface area (Å²) in [4.78, 5) is 41.9. The minimum atomic E-state index is -0.639. The molecule has 2 aliphatic rings. The number of nitrogens with one attached hydrogen (secondary N) is 1. The smallest absolute Gasteiger partial charge is 0.348 e. The lowest BCUT2D eigenvalue weighted by atomic mass is 10.0. The highest BCUT2D eigenvalue weighted by atomic mass is 32.2. The predicted octanol–water partition coefficient (Wildman–Crippen LogP) is 3.74. The molecule has 0 saturated carbocycles. The number of carbonyl (C=O) groups is 3. The van der Waals surface area contributed by atoms with Gasteiger partial charge >= 0.3 is 11.9 Å². The van der Waals surface area contributed by atoms with Crippen LogP contribution in [0.3, 0.4) is 0 Å². The molecule has 4 rings (SSSR count). The van der Waals surface area contributed by atoms with E-state index in [1.807, 2.05) is 35.5 Å². The molecule has 1 unspecified atom stereocenters. The Morgan fingerprint density at radius 3 is 2.72 bits per heavy atom. The van der Waals surface area contributed by atoms with Crippen LogP contribution >= 0.6 is 23.1 Å². The third-order valence-electron chi connectivity index (χ3n) is 5.03. The Bertz CT molecular complexity index is 1160. The van der Waals surface area contributed by atoms with E-state index in [1.165, 1.54) is 26.0 Å². The van der Waals surface area contributed by atoms with E-state index in [0.717, 1.165) is 29.0 Å². The van der Waals surface area contributed by atoms with Crippen molar-refractivity contribution < 1.29 is 23.9 Å². The number of thiophene rings is 1. The molecular weight excluding hydrogens is 452 g/mol. The molecule has 1 N–H and O–H groups in total. The summed E-state index contributed by atoms with van der Waals surface area (Å²) in [6.07, 6.45) is 2.62. The van der Waals surface area contributed by atoms with Crippen molar-refractivity contribution in [3.8, 4) is 0 Å². The van der Waals surface area contributed by atoms with Crippen molar-refractivity contribution in [2.75, 3.05) is 25.3 Å². The van der Waals surface area contributed by atoms with Crippen molar-refractivity contribution in [3.63, 3.8) is 0 Å². The normalized spacial score (nSPS) is 16.2. The van der Waals surface area contributed by atoms with Gasteiger partial charge in [0.15, 0.2) is 5.17 Å². The van der Waals surface area contributed by atoms with Gasteiger partial charge in [0.1, 0.15) is 9.88 Å². The number of rotatable bonds is 5. The van der Waals surface area contributed by atoms with Gasteiger partial charge in [0, 0.05) is 18.2 Å². The van der Waals surface area contributed by atoms with Gasteiger partial charge in [0.25, 0.3) is 0 Å². The van der Waals surface area contributed by atoms with E-state index in [4.69, 9.17) is 9.47 Å². The van der Waals surface area contributed by atoms with Crippen LogP contribution < -0.4 is 5.32 Å². The van der Waals surface area contributed by atoms with Crippen LogP contribution in [0.4, 0.5) is 10.7 Å². The fraction of sp³-hybridized carbons (Fsp3) is 0.286. The molecule has 2 aromatic rings. The summed E-state index contributed by atoms with van der Waals surface area (Å²) < 4.78 is 9.59. The van der Waals surface area contributed by atoms with Crippen molar-refractivity contribution in [3.05, 3.63) is 45.8 Å². The monoisotopic (exact) mass is 472 g/mol. The predicted molar refractivity (Wildman–Crippen MR) is 124 cm³/mol. The molecule has 32 heavy (non-hydrogen) atoms. The van der Waals surface area contributed by atoms with Crippen LogP contribution in [-0.4, -0.2) is 54.2 Å². The first-order valence-electron chi connectivity index (χ1n) is 9.66. The number of hydrazone groups is 1. The van der Waals surface area contributed by atoms with Crippen molar-refractivity contribution in [2.45, 2.75) is 19.4 Å². The maximum absolute atomic E-state index is 12.7. The number of anilines is 1. The number of para-hydroxylation sites is 1. The Hall–Kier alpha value is -3.18. The number of fused-ring (bicyclic) bond motifs is 3. The average Bonchev–Trinajstić information content (AvgIpc) is 3.42. The molecule has 0 radical (unpaired) electrons. The second-order valence-corrected chi connectivity index (χ2v) is 8.89. The molecule has 0 fully saturated rings. The van der Waals surface area contributed by atoms with E-state index < -0.39 is 11.9 Å². The minimum Gasteiger partial charge on any atom is -0.465 e. The molecule has 1 amide bonds. The summed E-state index contributed by atoms with van der Waals surface area (Å²) in [7, 11) is 2.50. The number of hydrogen-bond donors (Lipinski definition) is 1. The molecule has 0 saturated heterocycles. The maximum atomic E-state index is 12.7. The van der Waals surface area contributed by atoms with Gasteiger partial charge in [0.2, 0.25) is 5.91 Å². The van der Waals surface area contributed by atoms with Gasteiger partial charge in [-0.1, -0.05) is 30.0 Å². The molecule has 1 aromatic carbocycles. The number of thioether (sulfide) groups is 1. The van der Waals surface area contributed by atoms with Gasteiger partial charge in [0.05, 0.1) is 37.3 Å². The fourth-order valence-corrected chi connectivity index (χ4v) is 5.44. The Kier molecular flexibility index (Phi) is 6.28. The largest absolute Gasteiger partial charge is 0.465 e. The Morgan fingerprint density at radius 1 is 1.22 bits per heavy atom. The zero-order valence-electron chi connectivity index (χ0n) is 17.6. The molecule has 9 nitrogen and oxygen atoms in total. The Balaban J connectivity index is 1.51. The van der Waals surface area contributed by atoms with E-state index in [2.05, 4.69) is 15.4 Å². The lowest BCUT2D eigenvalue weighted by Gasteiger charge is -2.29. The van der Waals surface area contributed by atoms with Crippen LogP contribution in [0.25, 0.3) is 0 Å². The molecule has 0 spiro atoms.